The number of carbonyl (C=O) groups is 1. The summed E-state index contributed by atoms with van der Waals surface area (Å²) in [4.78, 5) is 10.7. The Balaban J connectivity index is 2.74. The van der Waals surface area contributed by atoms with Crippen LogP contribution in [0.2, 0.25) is 0 Å². The van der Waals surface area contributed by atoms with Gasteiger partial charge in [0, 0.05) is 0 Å². The third-order valence-corrected chi connectivity index (χ3v) is 4.11. The molecule has 0 atom stereocenters. The van der Waals surface area contributed by atoms with Gasteiger partial charge in [-0.05, 0) is 30.7 Å². The fourth-order valence-corrected chi connectivity index (χ4v) is 3.09. The SMILES string of the molecule is CC(=O)C1=Cc2ccc(F)cc2S1(=O)=O. The highest BCUT2D eigenvalue weighted by Gasteiger charge is 2.32. The van der Waals surface area contributed by atoms with Crippen molar-refractivity contribution in [2.24, 2.45) is 0 Å². The summed E-state index contributed by atoms with van der Waals surface area (Å²) < 4.78 is 36.3. The summed E-state index contributed by atoms with van der Waals surface area (Å²) in [5.74, 6) is -1.16. The minimum Gasteiger partial charge on any atom is -0.294 e. The zero-order valence-electron chi connectivity index (χ0n) is 7.82. The average Bonchev–Trinajstić information content (AvgIpc) is 2.39. The summed E-state index contributed by atoms with van der Waals surface area (Å²) >= 11 is 0. The molecule has 0 N–H and O–H groups in total. The highest BCUT2D eigenvalue weighted by molar-refractivity contribution is 7.96. The summed E-state index contributed by atoms with van der Waals surface area (Å²) in [7, 11) is -3.80. The van der Waals surface area contributed by atoms with Gasteiger partial charge in [-0.25, -0.2) is 12.8 Å². The molecule has 0 radical (unpaired) electrons. The third-order valence-electron chi connectivity index (χ3n) is 2.19. The van der Waals surface area contributed by atoms with Gasteiger partial charge in [0.15, 0.2) is 5.78 Å². The van der Waals surface area contributed by atoms with Crippen molar-refractivity contribution < 1.29 is 17.6 Å². The molecule has 0 bridgehead atoms. The first-order chi connectivity index (χ1) is 6.93. The molecule has 0 aliphatic carbocycles. The number of hydrogen-bond donors (Lipinski definition) is 0. The van der Waals surface area contributed by atoms with E-state index in [4.69, 9.17) is 0 Å². The predicted molar refractivity (Wildman–Crippen MR) is 52.2 cm³/mol. The van der Waals surface area contributed by atoms with Crippen molar-refractivity contribution in [2.75, 3.05) is 0 Å². The highest BCUT2D eigenvalue weighted by atomic mass is 32.2. The minimum atomic E-state index is -3.80. The fraction of sp³-hybridized carbons (Fsp3) is 0.100. The Morgan fingerprint density at radius 2 is 2.00 bits per heavy atom. The standard InChI is InChI=1S/C10H7FO3S/c1-6(12)9-4-7-2-3-8(11)5-10(7)15(9,13)14/h2-5H,1H3. The van der Waals surface area contributed by atoms with Crippen LogP contribution in [0.15, 0.2) is 28.0 Å². The van der Waals surface area contributed by atoms with Gasteiger partial charge in [0.05, 0.1) is 4.90 Å². The molecule has 1 aliphatic rings. The van der Waals surface area contributed by atoms with Gasteiger partial charge in [-0.1, -0.05) is 6.07 Å². The molecule has 0 saturated carbocycles. The number of carbonyl (C=O) groups excluding carboxylic acids is 1. The lowest BCUT2D eigenvalue weighted by Gasteiger charge is -1.99. The van der Waals surface area contributed by atoms with Crippen LogP contribution in [0, 0.1) is 5.82 Å². The van der Waals surface area contributed by atoms with Gasteiger partial charge in [-0.15, -0.1) is 0 Å². The molecule has 0 spiro atoms. The van der Waals surface area contributed by atoms with E-state index < -0.39 is 21.4 Å². The van der Waals surface area contributed by atoms with Crippen LogP contribution in [0.1, 0.15) is 12.5 Å². The van der Waals surface area contributed by atoms with E-state index in [0.717, 1.165) is 12.1 Å². The average molecular weight is 226 g/mol. The molecule has 0 unspecified atom stereocenters. The number of halogens is 1. The molecule has 5 heteroatoms. The normalized spacial score (nSPS) is 17.1. The molecule has 0 aromatic heterocycles. The summed E-state index contributed by atoms with van der Waals surface area (Å²) in [6.07, 6.45) is 1.27. The second-order valence-electron chi connectivity index (χ2n) is 3.25. The van der Waals surface area contributed by atoms with Gasteiger partial charge < -0.3 is 0 Å². The van der Waals surface area contributed by atoms with E-state index in [1.165, 1.54) is 19.1 Å². The molecule has 78 valence electrons. The predicted octanol–water partition coefficient (Wildman–Crippen LogP) is 1.54. The van der Waals surface area contributed by atoms with Gasteiger partial charge in [0.2, 0.25) is 9.84 Å². The van der Waals surface area contributed by atoms with Crippen LogP contribution in [0.25, 0.3) is 6.08 Å². The van der Waals surface area contributed by atoms with Crippen molar-refractivity contribution in [3.8, 4) is 0 Å². The Bertz CT molecular complexity index is 585. The quantitative estimate of drug-likeness (QED) is 0.729. The first kappa shape index (κ1) is 10.0. The van der Waals surface area contributed by atoms with E-state index >= 15 is 0 Å². The van der Waals surface area contributed by atoms with Crippen molar-refractivity contribution in [1.29, 1.82) is 0 Å². The van der Waals surface area contributed by atoms with Crippen LogP contribution in [-0.4, -0.2) is 14.2 Å². The van der Waals surface area contributed by atoms with Crippen LogP contribution < -0.4 is 0 Å². The zero-order chi connectivity index (χ0) is 11.2. The number of fused-ring (bicyclic) bond motifs is 1. The fourth-order valence-electron chi connectivity index (χ4n) is 1.49. The monoisotopic (exact) mass is 226 g/mol. The molecule has 1 aromatic rings. The number of hydrogen-bond acceptors (Lipinski definition) is 3. The summed E-state index contributed by atoms with van der Waals surface area (Å²) in [5, 5.41) is 0. The molecule has 0 amide bonds. The van der Waals surface area contributed by atoms with Crippen LogP contribution in [0.5, 0.6) is 0 Å². The molecule has 1 aliphatic heterocycles. The van der Waals surface area contributed by atoms with Gasteiger partial charge in [-0.2, -0.15) is 0 Å². The number of Topliss-reactive ketones (excluding diaryl/α,β-unsaturated/α-hetero) is 1. The van der Waals surface area contributed by atoms with Gasteiger partial charge in [0.25, 0.3) is 0 Å². The van der Waals surface area contributed by atoms with Gasteiger partial charge in [0.1, 0.15) is 10.7 Å². The van der Waals surface area contributed by atoms with Crippen LogP contribution in [0.4, 0.5) is 4.39 Å². The topological polar surface area (TPSA) is 51.2 Å². The van der Waals surface area contributed by atoms with Gasteiger partial charge in [-0.3, -0.25) is 4.79 Å². The first-order valence-corrected chi connectivity index (χ1v) is 5.68. The lowest BCUT2D eigenvalue weighted by molar-refractivity contribution is -0.112. The molecule has 1 aromatic carbocycles. The van der Waals surface area contributed by atoms with E-state index in [-0.39, 0.29) is 9.80 Å². The number of benzene rings is 1. The Hall–Kier alpha value is -1.49. The number of allylic oxidation sites excluding steroid dienone is 1. The Kier molecular flexibility index (Phi) is 2.01. The summed E-state index contributed by atoms with van der Waals surface area (Å²) in [6.45, 7) is 1.17. The van der Waals surface area contributed by atoms with Crippen LogP contribution in [0.3, 0.4) is 0 Å². The first-order valence-electron chi connectivity index (χ1n) is 4.20. The molecular weight excluding hydrogens is 219 g/mol. The van der Waals surface area contributed by atoms with E-state index in [0.29, 0.717) is 5.56 Å². The Morgan fingerprint density at radius 3 is 2.60 bits per heavy atom. The number of ketones is 1. The smallest absolute Gasteiger partial charge is 0.210 e. The van der Waals surface area contributed by atoms with E-state index in [2.05, 4.69) is 0 Å². The minimum absolute atomic E-state index is 0.132. The second kappa shape index (κ2) is 3.00. The molecule has 15 heavy (non-hydrogen) atoms. The maximum absolute atomic E-state index is 12.9. The maximum Gasteiger partial charge on any atom is 0.210 e. The van der Waals surface area contributed by atoms with Crippen LogP contribution in [-0.2, 0) is 14.6 Å². The number of sulfone groups is 1. The lowest BCUT2D eigenvalue weighted by atomic mass is 10.2. The van der Waals surface area contributed by atoms with E-state index in [1.54, 1.807) is 0 Å². The van der Waals surface area contributed by atoms with Crippen molar-refractivity contribution in [1.82, 2.24) is 0 Å². The summed E-state index contributed by atoms with van der Waals surface area (Å²) in [6, 6.07) is 3.43. The Morgan fingerprint density at radius 1 is 1.33 bits per heavy atom. The van der Waals surface area contributed by atoms with Gasteiger partial charge >= 0.3 is 0 Å². The highest BCUT2D eigenvalue weighted by Crippen LogP contribution is 2.33. The zero-order valence-corrected chi connectivity index (χ0v) is 8.64. The maximum atomic E-state index is 12.9. The van der Waals surface area contributed by atoms with Crippen molar-refractivity contribution >= 4 is 21.7 Å². The molecular formula is C10H7FO3S. The molecule has 3 nitrogen and oxygen atoms in total. The van der Waals surface area contributed by atoms with Crippen molar-refractivity contribution in [2.45, 2.75) is 11.8 Å². The van der Waals surface area contributed by atoms with Crippen molar-refractivity contribution in [3.05, 3.63) is 34.5 Å². The molecule has 1 heterocycles. The Labute approximate surface area is 86.1 Å². The van der Waals surface area contributed by atoms with Crippen molar-refractivity contribution in [3.63, 3.8) is 0 Å². The molecule has 2 rings (SSSR count). The molecule has 0 fully saturated rings. The van der Waals surface area contributed by atoms with E-state index in [9.17, 15) is 17.6 Å². The number of rotatable bonds is 1. The van der Waals surface area contributed by atoms with E-state index in [1.807, 2.05) is 0 Å². The third kappa shape index (κ3) is 1.39. The van der Waals surface area contributed by atoms with Crippen LogP contribution >= 0.6 is 0 Å². The summed E-state index contributed by atoms with van der Waals surface area (Å²) in [5.41, 5.74) is 0.363. The lowest BCUT2D eigenvalue weighted by Crippen LogP contribution is -2.07. The molecule has 0 saturated heterocycles. The second-order valence-corrected chi connectivity index (χ2v) is 5.14. The largest absolute Gasteiger partial charge is 0.294 e.